The topological polar surface area (TPSA) is 92.3 Å². The van der Waals surface area contributed by atoms with Gasteiger partial charge in [-0.1, -0.05) is 23.4 Å². The molecule has 0 amide bonds. The van der Waals surface area contributed by atoms with E-state index in [4.69, 9.17) is 10.5 Å². The van der Waals surface area contributed by atoms with Crippen LogP contribution in [0.15, 0.2) is 30.3 Å². The molecule has 0 aliphatic carbocycles. The number of rotatable bonds is 6. The molecule has 106 valence electrons. The minimum Gasteiger partial charge on any atom is -0.494 e. The second-order valence-corrected chi connectivity index (χ2v) is 4.05. The molecule has 0 bridgehead atoms. The van der Waals surface area contributed by atoms with E-state index in [-0.39, 0.29) is 11.5 Å². The number of nitrogens with two attached hydrogens (primary N) is 1. The molecule has 2 rings (SSSR count). The average Bonchev–Trinajstić information content (AvgIpc) is 2.85. The fraction of sp³-hybridized carbons (Fsp3) is 0.308. The van der Waals surface area contributed by atoms with E-state index in [9.17, 15) is 4.79 Å². The Bertz CT molecular complexity index is 568. The first-order valence-corrected chi connectivity index (χ1v) is 6.17. The number of esters is 1. The number of anilines is 1. The monoisotopic (exact) mass is 276 g/mol. The van der Waals surface area contributed by atoms with Crippen LogP contribution in [0.25, 0.3) is 0 Å². The maximum absolute atomic E-state index is 11.3. The SMILES string of the molecule is COC(=O)c1nnn(CCCOc2ccccc2)c1N. The van der Waals surface area contributed by atoms with Crippen molar-refractivity contribution < 1.29 is 14.3 Å². The third-order valence-corrected chi connectivity index (χ3v) is 2.68. The summed E-state index contributed by atoms with van der Waals surface area (Å²) in [5, 5.41) is 7.51. The first-order valence-electron chi connectivity index (χ1n) is 6.17. The van der Waals surface area contributed by atoms with Crippen LogP contribution in [0.3, 0.4) is 0 Å². The van der Waals surface area contributed by atoms with E-state index >= 15 is 0 Å². The fourth-order valence-electron chi connectivity index (χ4n) is 1.65. The van der Waals surface area contributed by atoms with Crippen molar-refractivity contribution >= 4 is 11.8 Å². The number of ether oxygens (including phenoxy) is 2. The van der Waals surface area contributed by atoms with Gasteiger partial charge in [-0.25, -0.2) is 9.48 Å². The number of hydrogen-bond donors (Lipinski definition) is 1. The number of carbonyl (C=O) groups excluding carboxylic acids is 1. The molecular formula is C13H16N4O3. The average molecular weight is 276 g/mol. The van der Waals surface area contributed by atoms with Crippen molar-refractivity contribution in [1.29, 1.82) is 0 Å². The number of benzene rings is 1. The van der Waals surface area contributed by atoms with E-state index in [1.165, 1.54) is 11.8 Å². The Hall–Kier alpha value is -2.57. The van der Waals surface area contributed by atoms with Gasteiger partial charge in [0.25, 0.3) is 0 Å². The Labute approximate surface area is 116 Å². The van der Waals surface area contributed by atoms with Crippen molar-refractivity contribution in [3.8, 4) is 5.75 Å². The second kappa shape index (κ2) is 6.55. The van der Waals surface area contributed by atoms with Crippen molar-refractivity contribution in [3.05, 3.63) is 36.0 Å². The zero-order valence-electron chi connectivity index (χ0n) is 11.2. The van der Waals surface area contributed by atoms with Crippen molar-refractivity contribution in [2.45, 2.75) is 13.0 Å². The highest BCUT2D eigenvalue weighted by Gasteiger charge is 2.17. The molecule has 1 aromatic heterocycles. The number of nitrogen functional groups attached to an aromatic ring is 1. The van der Waals surface area contributed by atoms with E-state index in [0.717, 1.165) is 5.75 Å². The highest BCUT2D eigenvalue weighted by molar-refractivity contribution is 5.91. The highest BCUT2D eigenvalue weighted by atomic mass is 16.5. The predicted molar refractivity (Wildman–Crippen MR) is 72.3 cm³/mol. The van der Waals surface area contributed by atoms with Crippen LogP contribution in [-0.4, -0.2) is 34.7 Å². The predicted octanol–water partition coefficient (Wildman–Crippen LogP) is 1.12. The Balaban J connectivity index is 1.83. The zero-order valence-corrected chi connectivity index (χ0v) is 11.2. The first kappa shape index (κ1) is 13.9. The fourth-order valence-corrected chi connectivity index (χ4v) is 1.65. The van der Waals surface area contributed by atoms with Gasteiger partial charge in [-0.05, 0) is 12.1 Å². The van der Waals surface area contributed by atoms with E-state index in [0.29, 0.717) is 19.6 Å². The summed E-state index contributed by atoms with van der Waals surface area (Å²) in [5.41, 5.74) is 5.81. The number of aryl methyl sites for hydroxylation is 1. The van der Waals surface area contributed by atoms with Crippen LogP contribution in [-0.2, 0) is 11.3 Å². The molecule has 7 heteroatoms. The van der Waals surface area contributed by atoms with Crippen LogP contribution in [0.2, 0.25) is 0 Å². The molecule has 0 spiro atoms. The summed E-state index contributed by atoms with van der Waals surface area (Å²) in [7, 11) is 1.27. The lowest BCUT2D eigenvalue weighted by molar-refractivity contribution is 0.0595. The largest absolute Gasteiger partial charge is 0.494 e. The summed E-state index contributed by atoms with van der Waals surface area (Å²) in [4.78, 5) is 11.3. The van der Waals surface area contributed by atoms with Gasteiger partial charge in [0.2, 0.25) is 5.69 Å². The van der Waals surface area contributed by atoms with Gasteiger partial charge in [-0.2, -0.15) is 0 Å². The van der Waals surface area contributed by atoms with E-state index in [1.54, 1.807) is 0 Å². The molecule has 0 aliphatic heterocycles. The van der Waals surface area contributed by atoms with Crippen molar-refractivity contribution in [1.82, 2.24) is 15.0 Å². The van der Waals surface area contributed by atoms with Crippen LogP contribution in [0.1, 0.15) is 16.9 Å². The summed E-state index contributed by atoms with van der Waals surface area (Å²) in [5.74, 6) is 0.431. The van der Waals surface area contributed by atoms with Gasteiger partial charge in [-0.15, -0.1) is 5.10 Å². The molecular weight excluding hydrogens is 260 g/mol. The summed E-state index contributed by atoms with van der Waals surface area (Å²) in [6.07, 6.45) is 0.697. The minimum atomic E-state index is -0.589. The molecule has 0 saturated carbocycles. The third-order valence-electron chi connectivity index (χ3n) is 2.68. The van der Waals surface area contributed by atoms with Crippen LogP contribution in [0, 0.1) is 0 Å². The maximum atomic E-state index is 11.3. The van der Waals surface area contributed by atoms with Crippen molar-refractivity contribution in [3.63, 3.8) is 0 Å². The lowest BCUT2D eigenvalue weighted by atomic mass is 10.3. The molecule has 7 nitrogen and oxygen atoms in total. The molecule has 20 heavy (non-hydrogen) atoms. The lowest BCUT2D eigenvalue weighted by Crippen LogP contribution is -2.10. The number of aromatic nitrogens is 3. The van der Waals surface area contributed by atoms with Gasteiger partial charge in [0.15, 0.2) is 5.82 Å². The molecule has 0 unspecified atom stereocenters. The highest BCUT2D eigenvalue weighted by Crippen LogP contribution is 2.11. The number of nitrogens with zero attached hydrogens (tertiary/aromatic N) is 3. The van der Waals surface area contributed by atoms with Crippen molar-refractivity contribution in [2.24, 2.45) is 0 Å². The molecule has 0 radical (unpaired) electrons. The van der Waals surface area contributed by atoms with E-state index in [1.807, 2.05) is 30.3 Å². The van der Waals surface area contributed by atoms with E-state index in [2.05, 4.69) is 15.0 Å². The summed E-state index contributed by atoms with van der Waals surface area (Å²) < 4.78 is 11.6. The van der Waals surface area contributed by atoms with Gasteiger partial charge >= 0.3 is 5.97 Å². The summed E-state index contributed by atoms with van der Waals surface area (Å²) >= 11 is 0. The third kappa shape index (κ3) is 3.25. The first-order chi connectivity index (χ1) is 9.72. The Morgan fingerprint density at radius 1 is 1.35 bits per heavy atom. The van der Waals surface area contributed by atoms with Gasteiger partial charge in [0, 0.05) is 13.0 Å². The quantitative estimate of drug-likeness (QED) is 0.627. The molecule has 1 aromatic carbocycles. The smallest absolute Gasteiger partial charge is 0.362 e. The number of para-hydroxylation sites is 1. The molecule has 0 atom stereocenters. The summed E-state index contributed by atoms with van der Waals surface area (Å²) in [6.45, 7) is 1.04. The second-order valence-electron chi connectivity index (χ2n) is 4.05. The van der Waals surface area contributed by atoms with Gasteiger partial charge < -0.3 is 15.2 Å². The van der Waals surface area contributed by atoms with Gasteiger partial charge in [0.1, 0.15) is 5.75 Å². The molecule has 0 aliphatic rings. The molecule has 2 N–H and O–H groups in total. The Kier molecular flexibility index (Phi) is 4.54. The van der Waals surface area contributed by atoms with Crippen LogP contribution < -0.4 is 10.5 Å². The minimum absolute atomic E-state index is 0.0384. The molecule has 1 heterocycles. The number of methoxy groups -OCH3 is 1. The lowest BCUT2D eigenvalue weighted by Gasteiger charge is -2.06. The van der Waals surface area contributed by atoms with Gasteiger partial charge in [-0.3, -0.25) is 0 Å². The zero-order chi connectivity index (χ0) is 14.4. The molecule has 2 aromatic rings. The Morgan fingerprint density at radius 3 is 2.80 bits per heavy atom. The molecule has 0 fully saturated rings. The maximum Gasteiger partial charge on any atom is 0.362 e. The molecule has 0 saturated heterocycles. The van der Waals surface area contributed by atoms with Crippen LogP contribution in [0.4, 0.5) is 5.82 Å². The standard InChI is InChI=1S/C13H16N4O3/c1-19-13(18)11-12(14)17(16-15-11)8-5-9-20-10-6-3-2-4-7-10/h2-4,6-7H,5,8-9,14H2,1H3. The van der Waals surface area contributed by atoms with E-state index < -0.39 is 5.97 Å². The van der Waals surface area contributed by atoms with Crippen molar-refractivity contribution in [2.75, 3.05) is 19.5 Å². The van der Waals surface area contributed by atoms with Crippen LogP contribution >= 0.6 is 0 Å². The number of carbonyl (C=O) groups is 1. The Morgan fingerprint density at radius 2 is 2.10 bits per heavy atom. The normalized spacial score (nSPS) is 10.2. The van der Waals surface area contributed by atoms with Gasteiger partial charge in [0.05, 0.1) is 13.7 Å². The number of hydrogen-bond acceptors (Lipinski definition) is 6. The van der Waals surface area contributed by atoms with Crippen LogP contribution in [0.5, 0.6) is 5.75 Å². The summed E-state index contributed by atoms with van der Waals surface area (Å²) in [6, 6.07) is 9.52.